The molecular weight excluding hydrogens is 224 g/mol. The molecule has 0 spiro atoms. The third kappa shape index (κ3) is 3.10. The van der Waals surface area contributed by atoms with Gasteiger partial charge in [0, 0.05) is 18.2 Å². The Bertz CT molecular complexity index is 417. The van der Waals surface area contributed by atoms with Gasteiger partial charge in [-0.05, 0) is 36.5 Å². The van der Waals surface area contributed by atoms with Crippen LogP contribution in [-0.4, -0.2) is 11.9 Å². The topological polar surface area (TPSA) is 55.1 Å². The average molecular weight is 246 g/mol. The van der Waals surface area contributed by atoms with Crippen LogP contribution in [-0.2, 0) is 6.54 Å². The first kappa shape index (κ1) is 13.1. The van der Waals surface area contributed by atoms with Crippen LogP contribution in [0.15, 0.2) is 24.3 Å². The molecule has 1 fully saturated rings. The molecular formula is C15H22N2O. The van der Waals surface area contributed by atoms with Crippen LogP contribution in [0.2, 0.25) is 0 Å². The van der Waals surface area contributed by atoms with Crippen molar-refractivity contribution in [3.05, 3.63) is 35.4 Å². The second-order valence-electron chi connectivity index (χ2n) is 5.25. The molecule has 1 aliphatic carbocycles. The van der Waals surface area contributed by atoms with Crippen LogP contribution in [0.1, 0.15) is 48.5 Å². The lowest BCUT2D eigenvalue weighted by Crippen LogP contribution is -2.41. The molecule has 0 bridgehead atoms. The van der Waals surface area contributed by atoms with Gasteiger partial charge in [0.2, 0.25) is 0 Å². The van der Waals surface area contributed by atoms with Crippen molar-refractivity contribution in [2.45, 2.75) is 45.2 Å². The van der Waals surface area contributed by atoms with Gasteiger partial charge in [-0.15, -0.1) is 0 Å². The van der Waals surface area contributed by atoms with Crippen LogP contribution in [0.25, 0.3) is 0 Å². The van der Waals surface area contributed by atoms with Crippen molar-refractivity contribution in [2.75, 3.05) is 0 Å². The summed E-state index contributed by atoms with van der Waals surface area (Å²) in [6.45, 7) is 2.70. The Labute approximate surface area is 109 Å². The highest BCUT2D eigenvalue weighted by molar-refractivity contribution is 5.94. The molecule has 0 heterocycles. The van der Waals surface area contributed by atoms with E-state index < -0.39 is 0 Å². The van der Waals surface area contributed by atoms with E-state index in [1.807, 2.05) is 24.3 Å². The van der Waals surface area contributed by atoms with Gasteiger partial charge < -0.3 is 11.1 Å². The Morgan fingerprint density at radius 3 is 2.89 bits per heavy atom. The first-order chi connectivity index (χ1) is 8.70. The fourth-order valence-corrected chi connectivity index (χ4v) is 2.62. The zero-order chi connectivity index (χ0) is 13.0. The van der Waals surface area contributed by atoms with E-state index in [-0.39, 0.29) is 5.91 Å². The molecule has 0 aromatic heterocycles. The lowest BCUT2D eigenvalue weighted by molar-refractivity contribution is 0.0910. The molecule has 3 N–H and O–H groups in total. The number of carbonyl (C=O) groups excluding carboxylic acids is 1. The van der Waals surface area contributed by atoms with Gasteiger partial charge in [0.25, 0.3) is 5.91 Å². The molecule has 2 atom stereocenters. The molecule has 2 rings (SSSR count). The maximum Gasteiger partial charge on any atom is 0.251 e. The number of nitrogens with two attached hydrogens (primary N) is 1. The maximum absolute atomic E-state index is 12.2. The number of benzene rings is 1. The van der Waals surface area contributed by atoms with Gasteiger partial charge >= 0.3 is 0 Å². The van der Waals surface area contributed by atoms with E-state index in [9.17, 15) is 4.79 Å². The van der Waals surface area contributed by atoms with Gasteiger partial charge in [0.1, 0.15) is 0 Å². The van der Waals surface area contributed by atoms with E-state index in [1.165, 1.54) is 19.3 Å². The molecule has 1 amide bonds. The van der Waals surface area contributed by atoms with Crippen LogP contribution in [0.3, 0.4) is 0 Å². The second kappa shape index (κ2) is 6.01. The van der Waals surface area contributed by atoms with Crippen molar-refractivity contribution >= 4 is 5.91 Å². The summed E-state index contributed by atoms with van der Waals surface area (Å²) in [5.74, 6) is 0.615. The standard InChI is InChI=1S/C15H22N2O/c1-11-5-2-3-8-14(11)17-15(18)13-7-4-6-12(9-13)10-16/h4,6-7,9,11,14H,2-3,5,8,10,16H2,1H3,(H,17,18). The van der Waals surface area contributed by atoms with Crippen LogP contribution in [0, 0.1) is 5.92 Å². The van der Waals surface area contributed by atoms with Gasteiger partial charge in [0.05, 0.1) is 0 Å². The minimum Gasteiger partial charge on any atom is -0.349 e. The molecule has 0 aliphatic heterocycles. The number of nitrogens with one attached hydrogen (secondary N) is 1. The number of hydrogen-bond acceptors (Lipinski definition) is 2. The Kier molecular flexibility index (Phi) is 4.37. The monoisotopic (exact) mass is 246 g/mol. The Morgan fingerprint density at radius 1 is 1.39 bits per heavy atom. The highest BCUT2D eigenvalue weighted by Gasteiger charge is 2.23. The second-order valence-corrected chi connectivity index (χ2v) is 5.25. The molecule has 98 valence electrons. The fraction of sp³-hybridized carbons (Fsp3) is 0.533. The SMILES string of the molecule is CC1CCCCC1NC(=O)c1cccc(CN)c1. The average Bonchev–Trinajstić information content (AvgIpc) is 2.41. The smallest absolute Gasteiger partial charge is 0.251 e. The zero-order valence-corrected chi connectivity index (χ0v) is 11.0. The van der Waals surface area contributed by atoms with E-state index in [4.69, 9.17) is 5.73 Å². The number of carbonyl (C=O) groups is 1. The van der Waals surface area contributed by atoms with Crippen molar-refractivity contribution in [1.82, 2.24) is 5.32 Å². The Hall–Kier alpha value is -1.35. The van der Waals surface area contributed by atoms with Gasteiger partial charge in [0.15, 0.2) is 0 Å². The number of rotatable bonds is 3. The molecule has 1 aliphatic rings. The largest absolute Gasteiger partial charge is 0.349 e. The number of amides is 1. The van der Waals surface area contributed by atoms with Crippen molar-refractivity contribution in [2.24, 2.45) is 11.7 Å². The fourth-order valence-electron chi connectivity index (χ4n) is 2.62. The predicted octanol–water partition coefficient (Wildman–Crippen LogP) is 2.45. The lowest BCUT2D eigenvalue weighted by atomic mass is 9.86. The summed E-state index contributed by atoms with van der Waals surface area (Å²) >= 11 is 0. The molecule has 1 aromatic carbocycles. The van der Waals surface area contributed by atoms with Gasteiger partial charge in [-0.25, -0.2) is 0 Å². The molecule has 3 nitrogen and oxygen atoms in total. The summed E-state index contributed by atoms with van der Waals surface area (Å²) in [6, 6.07) is 7.89. The summed E-state index contributed by atoms with van der Waals surface area (Å²) in [5, 5.41) is 3.16. The molecule has 0 saturated heterocycles. The summed E-state index contributed by atoms with van der Waals surface area (Å²) in [5.41, 5.74) is 7.31. The number of hydrogen-bond donors (Lipinski definition) is 2. The van der Waals surface area contributed by atoms with Crippen LogP contribution < -0.4 is 11.1 Å². The summed E-state index contributed by atoms with van der Waals surface area (Å²) in [6.07, 6.45) is 4.82. The van der Waals surface area contributed by atoms with Crippen molar-refractivity contribution in [3.63, 3.8) is 0 Å². The molecule has 18 heavy (non-hydrogen) atoms. The maximum atomic E-state index is 12.2. The molecule has 3 heteroatoms. The molecule has 0 radical (unpaired) electrons. The van der Waals surface area contributed by atoms with E-state index in [1.54, 1.807) is 0 Å². The Balaban J connectivity index is 2.02. The first-order valence-electron chi connectivity index (χ1n) is 6.80. The van der Waals surface area contributed by atoms with Crippen molar-refractivity contribution in [1.29, 1.82) is 0 Å². The minimum absolute atomic E-state index is 0.0315. The van der Waals surface area contributed by atoms with Crippen molar-refractivity contribution in [3.8, 4) is 0 Å². The highest BCUT2D eigenvalue weighted by Crippen LogP contribution is 2.24. The Morgan fingerprint density at radius 2 is 2.17 bits per heavy atom. The molecule has 2 unspecified atom stereocenters. The predicted molar refractivity (Wildman–Crippen MR) is 73.2 cm³/mol. The first-order valence-corrected chi connectivity index (χ1v) is 6.80. The van der Waals surface area contributed by atoms with E-state index in [2.05, 4.69) is 12.2 Å². The summed E-state index contributed by atoms with van der Waals surface area (Å²) in [7, 11) is 0. The van der Waals surface area contributed by atoms with Gasteiger partial charge in [-0.1, -0.05) is 31.9 Å². The third-order valence-electron chi connectivity index (χ3n) is 3.85. The quantitative estimate of drug-likeness (QED) is 0.860. The lowest BCUT2D eigenvalue weighted by Gasteiger charge is -2.29. The van der Waals surface area contributed by atoms with E-state index in [0.717, 1.165) is 17.5 Å². The highest BCUT2D eigenvalue weighted by atomic mass is 16.1. The van der Waals surface area contributed by atoms with Gasteiger partial charge in [-0.3, -0.25) is 4.79 Å². The van der Waals surface area contributed by atoms with E-state index in [0.29, 0.717) is 18.5 Å². The van der Waals surface area contributed by atoms with Crippen LogP contribution >= 0.6 is 0 Å². The molecule has 1 aromatic rings. The molecule has 1 saturated carbocycles. The third-order valence-corrected chi connectivity index (χ3v) is 3.85. The summed E-state index contributed by atoms with van der Waals surface area (Å²) in [4.78, 5) is 12.2. The van der Waals surface area contributed by atoms with E-state index >= 15 is 0 Å². The minimum atomic E-state index is 0.0315. The zero-order valence-electron chi connectivity index (χ0n) is 11.0. The van der Waals surface area contributed by atoms with Crippen LogP contribution in [0.5, 0.6) is 0 Å². The van der Waals surface area contributed by atoms with Crippen LogP contribution in [0.4, 0.5) is 0 Å². The normalized spacial score (nSPS) is 23.7. The van der Waals surface area contributed by atoms with Gasteiger partial charge in [-0.2, -0.15) is 0 Å². The summed E-state index contributed by atoms with van der Waals surface area (Å²) < 4.78 is 0. The van der Waals surface area contributed by atoms with Crippen molar-refractivity contribution < 1.29 is 4.79 Å².